The van der Waals surface area contributed by atoms with E-state index in [0.29, 0.717) is 30.8 Å². The van der Waals surface area contributed by atoms with E-state index in [1.807, 2.05) is 30.5 Å². The van der Waals surface area contributed by atoms with Crippen LogP contribution < -0.4 is 10.2 Å². The lowest BCUT2D eigenvalue weighted by atomic mass is 10.2. The average Bonchev–Trinajstić information content (AvgIpc) is 3.51. The molecule has 1 aliphatic rings. The number of hydrogen-bond acceptors (Lipinski definition) is 5. The molecule has 2 amide bonds. The van der Waals surface area contributed by atoms with E-state index in [2.05, 4.69) is 5.32 Å². The molecule has 1 saturated heterocycles. The lowest BCUT2D eigenvalue weighted by Gasteiger charge is -2.16. The highest BCUT2D eigenvalue weighted by atomic mass is 16.5. The van der Waals surface area contributed by atoms with E-state index >= 15 is 0 Å². The molecule has 0 saturated carbocycles. The van der Waals surface area contributed by atoms with Gasteiger partial charge in [0.15, 0.2) is 6.61 Å². The number of hydrogen-bond donors (Lipinski definition) is 1. The number of furan rings is 1. The lowest BCUT2D eigenvalue weighted by molar-refractivity contribution is -0.119. The maximum absolute atomic E-state index is 12.5. The molecule has 3 heterocycles. The second-order valence-electron chi connectivity index (χ2n) is 7.77. The number of nitrogens with zero attached hydrogens (tertiary/aromatic N) is 2. The third-order valence-electron chi connectivity index (χ3n) is 5.56. The van der Waals surface area contributed by atoms with Crippen molar-refractivity contribution in [2.24, 2.45) is 0 Å². The van der Waals surface area contributed by atoms with Crippen molar-refractivity contribution in [2.75, 3.05) is 23.4 Å². The van der Waals surface area contributed by atoms with Crippen molar-refractivity contribution in [1.29, 1.82) is 0 Å². The predicted octanol–water partition coefficient (Wildman–Crippen LogP) is 3.67. The molecule has 0 radical (unpaired) electrons. The first-order chi connectivity index (χ1) is 15.4. The van der Waals surface area contributed by atoms with E-state index in [9.17, 15) is 14.4 Å². The molecule has 8 nitrogen and oxygen atoms in total. The Kier molecular flexibility index (Phi) is 6.11. The summed E-state index contributed by atoms with van der Waals surface area (Å²) in [6.45, 7) is 4.56. The van der Waals surface area contributed by atoms with Crippen molar-refractivity contribution in [3.63, 3.8) is 0 Å². The van der Waals surface area contributed by atoms with Crippen LogP contribution in [0.3, 0.4) is 0 Å². The molecule has 2 aromatic heterocycles. The summed E-state index contributed by atoms with van der Waals surface area (Å²) >= 11 is 0. The summed E-state index contributed by atoms with van der Waals surface area (Å²) < 4.78 is 12.6. The predicted molar refractivity (Wildman–Crippen MR) is 119 cm³/mol. The Hall–Kier alpha value is -3.81. The van der Waals surface area contributed by atoms with Gasteiger partial charge in [0.05, 0.1) is 18.4 Å². The zero-order chi connectivity index (χ0) is 22.7. The molecule has 166 valence electrons. The molecule has 1 aliphatic heterocycles. The summed E-state index contributed by atoms with van der Waals surface area (Å²) in [4.78, 5) is 38.3. The first-order valence-corrected chi connectivity index (χ1v) is 10.5. The van der Waals surface area contributed by atoms with E-state index < -0.39 is 18.5 Å². The number of carbonyl (C=O) groups excluding carboxylic acids is 3. The van der Waals surface area contributed by atoms with Gasteiger partial charge in [-0.1, -0.05) is 0 Å². The summed E-state index contributed by atoms with van der Waals surface area (Å²) in [6, 6.07) is 12.5. The van der Waals surface area contributed by atoms with Crippen molar-refractivity contribution >= 4 is 29.2 Å². The van der Waals surface area contributed by atoms with E-state index in [-0.39, 0.29) is 5.91 Å². The van der Waals surface area contributed by atoms with Crippen molar-refractivity contribution in [3.8, 4) is 0 Å². The van der Waals surface area contributed by atoms with Crippen LogP contribution >= 0.6 is 0 Å². The van der Waals surface area contributed by atoms with Crippen LogP contribution in [0, 0.1) is 13.8 Å². The Labute approximate surface area is 185 Å². The Morgan fingerprint density at radius 3 is 2.59 bits per heavy atom. The van der Waals surface area contributed by atoms with Crippen LogP contribution in [0.5, 0.6) is 0 Å². The van der Waals surface area contributed by atoms with Gasteiger partial charge in [-0.25, -0.2) is 4.79 Å². The van der Waals surface area contributed by atoms with Crippen molar-refractivity contribution in [1.82, 2.24) is 4.57 Å². The number of nitrogens with one attached hydrogen (secondary N) is 1. The Balaban J connectivity index is 1.32. The van der Waals surface area contributed by atoms with Crippen LogP contribution in [-0.4, -0.2) is 35.5 Å². The SMILES string of the molecule is Cc1cc(C(=O)OCC(=O)Nc2ccc(N3CCCC3=O)cc2)c(C)n1Cc1ccco1. The molecule has 1 aromatic carbocycles. The van der Waals surface area contributed by atoms with Crippen LogP contribution in [0.4, 0.5) is 11.4 Å². The Morgan fingerprint density at radius 2 is 1.94 bits per heavy atom. The molecular formula is C24H25N3O5. The van der Waals surface area contributed by atoms with Gasteiger partial charge in [-0.3, -0.25) is 9.59 Å². The highest BCUT2D eigenvalue weighted by Gasteiger charge is 2.22. The van der Waals surface area contributed by atoms with Crippen molar-refractivity contribution < 1.29 is 23.5 Å². The van der Waals surface area contributed by atoms with Crippen LogP contribution in [0.2, 0.25) is 0 Å². The minimum absolute atomic E-state index is 0.109. The largest absolute Gasteiger partial charge is 0.467 e. The fourth-order valence-electron chi connectivity index (χ4n) is 3.86. The summed E-state index contributed by atoms with van der Waals surface area (Å²) in [6.07, 6.45) is 3.03. The first-order valence-electron chi connectivity index (χ1n) is 10.5. The van der Waals surface area contributed by atoms with Gasteiger partial charge in [-0.05, 0) is 62.7 Å². The number of rotatable bonds is 7. The van der Waals surface area contributed by atoms with Crippen LogP contribution in [0.25, 0.3) is 0 Å². The first kappa shape index (κ1) is 21.4. The number of carbonyl (C=O) groups is 3. The van der Waals surface area contributed by atoms with Crippen molar-refractivity contribution in [2.45, 2.75) is 33.2 Å². The molecule has 1 N–H and O–H groups in total. The minimum atomic E-state index is -0.554. The molecule has 32 heavy (non-hydrogen) atoms. The summed E-state index contributed by atoms with van der Waals surface area (Å²) in [7, 11) is 0. The normalized spacial score (nSPS) is 13.4. The number of anilines is 2. The quantitative estimate of drug-likeness (QED) is 0.572. The van der Waals surface area contributed by atoms with Gasteiger partial charge in [0.25, 0.3) is 5.91 Å². The molecule has 8 heteroatoms. The number of esters is 1. The van der Waals surface area contributed by atoms with Gasteiger partial charge >= 0.3 is 5.97 Å². The molecule has 0 spiro atoms. The number of aryl methyl sites for hydroxylation is 1. The summed E-state index contributed by atoms with van der Waals surface area (Å²) in [5.74, 6) is -0.0991. The van der Waals surface area contributed by atoms with Gasteiger partial charge in [-0.15, -0.1) is 0 Å². The fourth-order valence-corrected chi connectivity index (χ4v) is 3.86. The molecule has 4 rings (SSSR count). The van der Waals surface area contributed by atoms with E-state index in [0.717, 1.165) is 29.3 Å². The molecule has 0 aliphatic carbocycles. The minimum Gasteiger partial charge on any atom is -0.467 e. The maximum Gasteiger partial charge on any atom is 0.340 e. The van der Waals surface area contributed by atoms with E-state index in [1.165, 1.54) is 0 Å². The van der Waals surface area contributed by atoms with Gasteiger partial charge in [-0.2, -0.15) is 0 Å². The molecule has 0 unspecified atom stereocenters. The summed E-state index contributed by atoms with van der Waals surface area (Å²) in [5.41, 5.74) is 3.43. The zero-order valence-corrected chi connectivity index (χ0v) is 18.1. The fraction of sp³-hybridized carbons (Fsp3) is 0.292. The second-order valence-corrected chi connectivity index (χ2v) is 7.77. The second kappa shape index (κ2) is 9.13. The number of aromatic nitrogens is 1. The topological polar surface area (TPSA) is 93.8 Å². The molecule has 1 fully saturated rings. The molecule has 0 atom stereocenters. The van der Waals surface area contributed by atoms with E-state index in [1.54, 1.807) is 41.5 Å². The summed E-state index contributed by atoms with van der Waals surface area (Å²) in [5, 5.41) is 2.70. The maximum atomic E-state index is 12.5. The number of benzene rings is 1. The molecule has 0 bridgehead atoms. The molecule has 3 aromatic rings. The Morgan fingerprint density at radius 1 is 1.16 bits per heavy atom. The van der Waals surface area contributed by atoms with Crippen LogP contribution in [-0.2, 0) is 20.9 Å². The van der Waals surface area contributed by atoms with E-state index in [4.69, 9.17) is 9.15 Å². The standard InChI is InChI=1S/C24H25N3O5/c1-16-13-21(17(2)27(16)14-20-5-4-12-31-20)24(30)32-15-22(28)25-18-7-9-19(10-8-18)26-11-3-6-23(26)29/h4-5,7-10,12-13H,3,6,11,14-15H2,1-2H3,(H,25,28). The van der Waals surface area contributed by atoms with Crippen LogP contribution in [0.1, 0.15) is 40.3 Å². The van der Waals surface area contributed by atoms with Gasteiger partial charge in [0.1, 0.15) is 5.76 Å². The lowest BCUT2D eigenvalue weighted by Crippen LogP contribution is -2.24. The molecular weight excluding hydrogens is 410 g/mol. The zero-order valence-electron chi connectivity index (χ0n) is 18.1. The Bertz CT molecular complexity index is 1130. The van der Waals surface area contributed by atoms with Gasteiger partial charge in [0.2, 0.25) is 5.91 Å². The smallest absolute Gasteiger partial charge is 0.340 e. The highest BCUT2D eigenvalue weighted by Crippen LogP contribution is 2.23. The average molecular weight is 435 g/mol. The number of amides is 2. The van der Waals surface area contributed by atoms with Crippen molar-refractivity contribution in [3.05, 3.63) is 71.4 Å². The van der Waals surface area contributed by atoms with Gasteiger partial charge in [0, 0.05) is 35.7 Å². The van der Waals surface area contributed by atoms with Gasteiger partial charge < -0.3 is 23.9 Å². The highest BCUT2D eigenvalue weighted by molar-refractivity contribution is 5.97. The number of ether oxygens (including phenoxy) is 1. The third-order valence-corrected chi connectivity index (χ3v) is 5.56. The third kappa shape index (κ3) is 4.59. The van der Waals surface area contributed by atoms with Crippen LogP contribution in [0.15, 0.2) is 53.1 Å². The monoisotopic (exact) mass is 435 g/mol.